The summed E-state index contributed by atoms with van der Waals surface area (Å²) in [5, 5.41) is 7.68. The zero-order valence-electron chi connectivity index (χ0n) is 7.10. The van der Waals surface area contributed by atoms with Crippen molar-refractivity contribution in [2.75, 3.05) is 0 Å². The van der Waals surface area contributed by atoms with Crippen LogP contribution in [0.25, 0.3) is 0 Å². The molecule has 1 rings (SSSR count). The third kappa shape index (κ3) is 2.45. The Morgan fingerprint density at radius 3 is 2.42 bits per heavy atom. The normalized spacial score (nSPS) is 9.83. The minimum atomic E-state index is 0.727. The SMILES string of the molecule is CCCC(=N)c1ccc(Br)cc1. The lowest BCUT2D eigenvalue weighted by molar-refractivity contribution is 0.986. The maximum atomic E-state index is 7.68. The number of benzene rings is 1. The first-order valence-corrected chi connectivity index (χ1v) is 4.86. The molecule has 0 bridgehead atoms. The van der Waals surface area contributed by atoms with Crippen molar-refractivity contribution < 1.29 is 0 Å². The van der Waals surface area contributed by atoms with E-state index in [-0.39, 0.29) is 0 Å². The van der Waals surface area contributed by atoms with E-state index in [0.29, 0.717) is 0 Å². The lowest BCUT2D eigenvalue weighted by atomic mass is 10.1. The second-order valence-electron chi connectivity index (χ2n) is 2.74. The van der Waals surface area contributed by atoms with Crippen molar-refractivity contribution in [3.63, 3.8) is 0 Å². The molecule has 0 aromatic heterocycles. The van der Waals surface area contributed by atoms with Gasteiger partial charge in [0.05, 0.1) is 0 Å². The molecule has 0 fully saturated rings. The molecule has 1 nitrogen and oxygen atoms in total. The summed E-state index contributed by atoms with van der Waals surface area (Å²) in [6.07, 6.45) is 1.90. The molecule has 0 saturated heterocycles. The van der Waals surface area contributed by atoms with Crippen LogP contribution in [0.3, 0.4) is 0 Å². The van der Waals surface area contributed by atoms with E-state index in [1.54, 1.807) is 0 Å². The molecule has 0 aliphatic rings. The standard InChI is InChI=1S/C10H12BrN/c1-2-3-10(12)8-4-6-9(11)7-5-8/h4-7,12H,2-3H2,1H3. The Morgan fingerprint density at radius 1 is 1.33 bits per heavy atom. The number of halogens is 1. The molecule has 0 aliphatic carbocycles. The van der Waals surface area contributed by atoms with E-state index in [2.05, 4.69) is 22.9 Å². The zero-order chi connectivity index (χ0) is 8.97. The van der Waals surface area contributed by atoms with E-state index >= 15 is 0 Å². The van der Waals surface area contributed by atoms with Crippen molar-refractivity contribution in [2.24, 2.45) is 0 Å². The van der Waals surface area contributed by atoms with Crippen LogP contribution in [-0.4, -0.2) is 5.71 Å². The Balaban J connectivity index is 2.75. The molecule has 0 radical (unpaired) electrons. The second-order valence-corrected chi connectivity index (χ2v) is 3.65. The number of nitrogens with one attached hydrogen (secondary N) is 1. The van der Waals surface area contributed by atoms with Crippen molar-refractivity contribution >= 4 is 21.6 Å². The highest BCUT2D eigenvalue weighted by Gasteiger charge is 1.98. The molecule has 2 heteroatoms. The largest absolute Gasteiger partial charge is 0.305 e. The van der Waals surface area contributed by atoms with E-state index in [1.165, 1.54) is 0 Å². The molecule has 12 heavy (non-hydrogen) atoms. The van der Waals surface area contributed by atoms with E-state index < -0.39 is 0 Å². The minimum absolute atomic E-state index is 0.727. The summed E-state index contributed by atoms with van der Waals surface area (Å²) in [4.78, 5) is 0. The van der Waals surface area contributed by atoms with Crippen LogP contribution in [-0.2, 0) is 0 Å². The van der Waals surface area contributed by atoms with Gasteiger partial charge in [-0.3, -0.25) is 0 Å². The highest BCUT2D eigenvalue weighted by Crippen LogP contribution is 2.12. The van der Waals surface area contributed by atoms with Gasteiger partial charge < -0.3 is 5.41 Å². The molecular formula is C10H12BrN. The van der Waals surface area contributed by atoms with Crippen LogP contribution >= 0.6 is 15.9 Å². The summed E-state index contributed by atoms with van der Waals surface area (Å²) < 4.78 is 1.07. The molecule has 64 valence electrons. The fourth-order valence-electron chi connectivity index (χ4n) is 1.05. The third-order valence-electron chi connectivity index (χ3n) is 1.69. The number of hydrogen-bond donors (Lipinski definition) is 1. The lowest BCUT2D eigenvalue weighted by Gasteiger charge is -2.01. The van der Waals surface area contributed by atoms with Crippen LogP contribution in [0.15, 0.2) is 28.7 Å². The van der Waals surface area contributed by atoms with Crippen LogP contribution < -0.4 is 0 Å². The van der Waals surface area contributed by atoms with Gasteiger partial charge in [0.15, 0.2) is 0 Å². The van der Waals surface area contributed by atoms with E-state index in [4.69, 9.17) is 5.41 Å². The van der Waals surface area contributed by atoms with Gasteiger partial charge in [0.1, 0.15) is 0 Å². The van der Waals surface area contributed by atoms with Crippen molar-refractivity contribution in [3.8, 4) is 0 Å². The average molecular weight is 226 g/mol. The topological polar surface area (TPSA) is 23.9 Å². The molecular weight excluding hydrogens is 214 g/mol. The number of hydrogen-bond acceptors (Lipinski definition) is 1. The van der Waals surface area contributed by atoms with Gasteiger partial charge in [0.25, 0.3) is 0 Å². The van der Waals surface area contributed by atoms with Crippen LogP contribution in [0.5, 0.6) is 0 Å². The Kier molecular flexibility index (Phi) is 3.48. The molecule has 0 aliphatic heterocycles. The first kappa shape index (κ1) is 9.46. The monoisotopic (exact) mass is 225 g/mol. The fraction of sp³-hybridized carbons (Fsp3) is 0.300. The summed E-state index contributed by atoms with van der Waals surface area (Å²) in [6.45, 7) is 2.09. The Bertz CT molecular complexity index is 264. The molecule has 0 saturated carbocycles. The van der Waals surface area contributed by atoms with Gasteiger partial charge in [-0.2, -0.15) is 0 Å². The van der Waals surface area contributed by atoms with Crippen LogP contribution in [0.1, 0.15) is 25.3 Å². The molecule has 1 aromatic carbocycles. The summed E-state index contributed by atoms with van der Waals surface area (Å²) in [7, 11) is 0. The van der Waals surface area contributed by atoms with Crippen molar-refractivity contribution in [1.29, 1.82) is 5.41 Å². The zero-order valence-corrected chi connectivity index (χ0v) is 8.69. The van der Waals surface area contributed by atoms with Gasteiger partial charge >= 0.3 is 0 Å². The fourth-order valence-corrected chi connectivity index (χ4v) is 1.31. The van der Waals surface area contributed by atoms with Gasteiger partial charge in [0.2, 0.25) is 0 Å². The lowest BCUT2D eigenvalue weighted by Crippen LogP contribution is -1.96. The summed E-state index contributed by atoms with van der Waals surface area (Å²) in [5.41, 5.74) is 1.75. The van der Waals surface area contributed by atoms with Gasteiger partial charge in [0, 0.05) is 10.2 Å². The van der Waals surface area contributed by atoms with Crippen molar-refractivity contribution in [2.45, 2.75) is 19.8 Å². The Morgan fingerprint density at radius 2 is 1.92 bits per heavy atom. The molecule has 1 N–H and O–H groups in total. The molecule has 0 unspecified atom stereocenters. The highest BCUT2D eigenvalue weighted by molar-refractivity contribution is 9.10. The maximum Gasteiger partial charge on any atom is 0.0386 e. The average Bonchev–Trinajstić information content (AvgIpc) is 2.06. The Labute approximate surface area is 81.4 Å². The predicted molar refractivity (Wildman–Crippen MR) is 55.9 cm³/mol. The second kappa shape index (κ2) is 4.41. The number of rotatable bonds is 3. The predicted octanol–water partition coefficient (Wildman–Crippen LogP) is 3.62. The minimum Gasteiger partial charge on any atom is -0.305 e. The van der Waals surface area contributed by atoms with Crippen LogP contribution in [0.4, 0.5) is 0 Å². The van der Waals surface area contributed by atoms with Crippen molar-refractivity contribution in [3.05, 3.63) is 34.3 Å². The molecule has 0 atom stereocenters. The van der Waals surface area contributed by atoms with E-state index in [0.717, 1.165) is 28.6 Å². The summed E-state index contributed by atoms with van der Waals surface area (Å²) >= 11 is 3.36. The smallest absolute Gasteiger partial charge is 0.0386 e. The van der Waals surface area contributed by atoms with Gasteiger partial charge in [-0.25, -0.2) is 0 Å². The van der Waals surface area contributed by atoms with Crippen LogP contribution in [0.2, 0.25) is 0 Å². The van der Waals surface area contributed by atoms with Gasteiger partial charge in [-0.15, -0.1) is 0 Å². The van der Waals surface area contributed by atoms with E-state index in [9.17, 15) is 0 Å². The van der Waals surface area contributed by atoms with Crippen molar-refractivity contribution in [1.82, 2.24) is 0 Å². The van der Waals surface area contributed by atoms with Gasteiger partial charge in [-0.05, 0) is 24.1 Å². The molecule has 0 heterocycles. The summed E-state index contributed by atoms with van der Waals surface area (Å²) in [6, 6.07) is 7.89. The first-order chi connectivity index (χ1) is 5.74. The quantitative estimate of drug-likeness (QED) is 0.761. The first-order valence-electron chi connectivity index (χ1n) is 4.07. The Hall–Kier alpha value is -0.630. The van der Waals surface area contributed by atoms with E-state index in [1.807, 2.05) is 24.3 Å². The highest BCUT2D eigenvalue weighted by atomic mass is 79.9. The molecule has 1 aromatic rings. The third-order valence-corrected chi connectivity index (χ3v) is 2.22. The summed E-state index contributed by atoms with van der Waals surface area (Å²) in [5.74, 6) is 0. The van der Waals surface area contributed by atoms with Gasteiger partial charge in [-0.1, -0.05) is 41.4 Å². The maximum absolute atomic E-state index is 7.68. The molecule has 0 amide bonds. The van der Waals surface area contributed by atoms with Crippen LogP contribution in [0, 0.1) is 5.41 Å². The molecule has 0 spiro atoms.